The Hall–Kier alpha value is -1.13. The van der Waals surface area contributed by atoms with Gasteiger partial charge < -0.3 is 10.6 Å². The molecule has 1 amide bonds. The predicted octanol–water partition coefficient (Wildman–Crippen LogP) is 2.92. The van der Waals surface area contributed by atoms with E-state index >= 15 is 0 Å². The van der Waals surface area contributed by atoms with Gasteiger partial charge in [0.05, 0.1) is 0 Å². The molecule has 1 fully saturated rings. The minimum atomic E-state index is 0.0000208. The molecule has 2 rings (SSSR count). The van der Waals surface area contributed by atoms with Crippen molar-refractivity contribution < 1.29 is 4.79 Å². The van der Waals surface area contributed by atoms with Crippen molar-refractivity contribution in [2.45, 2.75) is 20.8 Å². The number of aryl methyl sites for hydroxylation is 2. The SMILES string of the molecule is CC(C(=O)Nc1c(C)cc(Br)cc1C)=C1CNC1. The number of benzene rings is 1. The number of rotatable bonds is 2. The van der Waals surface area contributed by atoms with Crippen LogP contribution >= 0.6 is 15.9 Å². The fraction of sp³-hybridized carbons (Fsp3) is 0.357. The maximum Gasteiger partial charge on any atom is 0.251 e. The van der Waals surface area contributed by atoms with Crippen molar-refractivity contribution in [3.05, 3.63) is 38.9 Å². The lowest BCUT2D eigenvalue weighted by Gasteiger charge is -2.22. The van der Waals surface area contributed by atoms with E-state index in [0.717, 1.165) is 39.9 Å². The molecule has 3 nitrogen and oxygen atoms in total. The van der Waals surface area contributed by atoms with Crippen LogP contribution in [0.15, 0.2) is 27.8 Å². The Bertz CT molecular complexity index is 506. The molecule has 0 radical (unpaired) electrons. The maximum atomic E-state index is 12.1. The Morgan fingerprint density at radius 2 is 1.83 bits per heavy atom. The Morgan fingerprint density at radius 3 is 2.28 bits per heavy atom. The van der Waals surface area contributed by atoms with Gasteiger partial charge in [-0.1, -0.05) is 15.9 Å². The van der Waals surface area contributed by atoms with Crippen LogP contribution in [-0.2, 0) is 4.79 Å². The van der Waals surface area contributed by atoms with Gasteiger partial charge in [0.1, 0.15) is 0 Å². The van der Waals surface area contributed by atoms with E-state index in [4.69, 9.17) is 0 Å². The molecule has 1 saturated heterocycles. The van der Waals surface area contributed by atoms with Crippen LogP contribution in [0, 0.1) is 13.8 Å². The fourth-order valence-corrected chi connectivity index (χ4v) is 2.68. The Labute approximate surface area is 116 Å². The second-order valence-corrected chi connectivity index (χ2v) is 5.62. The molecule has 18 heavy (non-hydrogen) atoms. The summed E-state index contributed by atoms with van der Waals surface area (Å²) in [6, 6.07) is 4.02. The van der Waals surface area contributed by atoms with Gasteiger partial charge >= 0.3 is 0 Å². The summed E-state index contributed by atoms with van der Waals surface area (Å²) in [6.07, 6.45) is 0. The molecule has 1 aromatic carbocycles. The summed E-state index contributed by atoms with van der Waals surface area (Å²) in [5.41, 5.74) is 5.07. The molecule has 4 heteroatoms. The van der Waals surface area contributed by atoms with Gasteiger partial charge in [0.15, 0.2) is 0 Å². The molecule has 2 N–H and O–H groups in total. The van der Waals surface area contributed by atoms with Crippen LogP contribution in [-0.4, -0.2) is 19.0 Å². The van der Waals surface area contributed by atoms with E-state index in [-0.39, 0.29) is 5.91 Å². The Balaban J connectivity index is 2.22. The van der Waals surface area contributed by atoms with Crippen LogP contribution in [0.4, 0.5) is 5.69 Å². The Kier molecular flexibility index (Phi) is 3.88. The molecule has 1 aromatic rings. The number of anilines is 1. The predicted molar refractivity (Wildman–Crippen MR) is 77.8 cm³/mol. The minimum Gasteiger partial charge on any atom is -0.322 e. The fourth-order valence-electron chi connectivity index (χ4n) is 1.99. The molecule has 1 heterocycles. The molecular formula is C14H17BrN2O. The molecule has 0 unspecified atom stereocenters. The minimum absolute atomic E-state index is 0.0000208. The molecule has 0 aliphatic carbocycles. The molecule has 1 aliphatic heterocycles. The summed E-state index contributed by atoms with van der Waals surface area (Å²) in [5.74, 6) is 0.0000208. The summed E-state index contributed by atoms with van der Waals surface area (Å²) in [6.45, 7) is 7.55. The first-order valence-electron chi connectivity index (χ1n) is 5.96. The standard InChI is InChI=1S/C14H17BrN2O/c1-8-4-12(15)5-9(2)13(8)17-14(18)10(3)11-6-16-7-11/h4-5,16H,6-7H2,1-3H3,(H,17,18). The highest BCUT2D eigenvalue weighted by Crippen LogP contribution is 2.25. The van der Waals surface area contributed by atoms with Gasteiger partial charge in [-0.25, -0.2) is 0 Å². The van der Waals surface area contributed by atoms with Crippen LogP contribution in [0.5, 0.6) is 0 Å². The van der Waals surface area contributed by atoms with Crippen molar-refractivity contribution >= 4 is 27.5 Å². The lowest BCUT2D eigenvalue weighted by molar-refractivity contribution is -0.112. The first-order valence-corrected chi connectivity index (χ1v) is 6.76. The topological polar surface area (TPSA) is 41.1 Å². The lowest BCUT2D eigenvalue weighted by Crippen LogP contribution is -2.36. The summed E-state index contributed by atoms with van der Waals surface area (Å²) >= 11 is 3.46. The number of carbonyl (C=O) groups excluding carboxylic acids is 1. The molecule has 96 valence electrons. The van der Waals surface area contributed by atoms with Crippen LogP contribution in [0.2, 0.25) is 0 Å². The quantitative estimate of drug-likeness (QED) is 0.825. The smallest absolute Gasteiger partial charge is 0.251 e. The molecule has 0 bridgehead atoms. The average Bonchev–Trinajstić information content (AvgIpc) is 2.20. The molecule has 0 atom stereocenters. The van der Waals surface area contributed by atoms with Crippen molar-refractivity contribution in [3.8, 4) is 0 Å². The largest absolute Gasteiger partial charge is 0.322 e. The zero-order chi connectivity index (χ0) is 13.3. The average molecular weight is 309 g/mol. The first-order chi connectivity index (χ1) is 8.49. The van der Waals surface area contributed by atoms with Gasteiger partial charge in [-0.3, -0.25) is 4.79 Å². The van der Waals surface area contributed by atoms with E-state index in [1.165, 1.54) is 5.57 Å². The highest BCUT2D eigenvalue weighted by atomic mass is 79.9. The van der Waals surface area contributed by atoms with Gasteiger partial charge in [-0.15, -0.1) is 0 Å². The second kappa shape index (κ2) is 5.24. The zero-order valence-corrected chi connectivity index (χ0v) is 12.4. The maximum absolute atomic E-state index is 12.1. The number of carbonyl (C=O) groups is 1. The Morgan fingerprint density at radius 1 is 1.28 bits per heavy atom. The van der Waals surface area contributed by atoms with E-state index in [1.54, 1.807) is 0 Å². The van der Waals surface area contributed by atoms with Gasteiger partial charge in [0, 0.05) is 28.8 Å². The van der Waals surface area contributed by atoms with E-state index in [1.807, 2.05) is 32.9 Å². The summed E-state index contributed by atoms with van der Waals surface area (Å²) in [7, 11) is 0. The molecule has 0 spiro atoms. The van der Waals surface area contributed by atoms with E-state index < -0.39 is 0 Å². The van der Waals surface area contributed by atoms with E-state index in [2.05, 4.69) is 26.6 Å². The van der Waals surface area contributed by atoms with Crippen molar-refractivity contribution in [3.63, 3.8) is 0 Å². The summed E-state index contributed by atoms with van der Waals surface area (Å²) in [4.78, 5) is 12.1. The molecular weight excluding hydrogens is 292 g/mol. The summed E-state index contributed by atoms with van der Waals surface area (Å²) in [5, 5.41) is 6.16. The normalized spacial score (nSPS) is 14.1. The highest BCUT2D eigenvalue weighted by Gasteiger charge is 2.17. The second-order valence-electron chi connectivity index (χ2n) is 4.70. The third-order valence-corrected chi connectivity index (χ3v) is 3.74. The van der Waals surface area contributed by atoms with Crippen molar-refractivity contribution in [1.29, 1.82) is 0 Å². The third-order valence-electron chi connectivity index (χ3n) is 3.28. The van der Waals surface area contributed by atoms with Crippen molar-refractivity contribution in [2.24, 2.45) is 0 Å². The van der Waals surface area contributed by atoms with Crippen LogP contribution in [0.1, 0.15) is 18.1 Å². The van der Waals surface area contributed by atoms with Gasteiger partial charge in [0.25, 0.3) is 5.91 Å². The number of amides is 1. The lowest BCUT2D eigenvalue weighted by atomic mass is 10.0. The van der Waals surface area contributed by atoms with Gasteiger partial charge in [-0.2, -0.15) is 0 Å². The number of hydrogen-bond donors (Lipinski definition) is 2. The molecule has 0 aromatic heterocycles. The number of hydrogen-bond acceptors (Lipinski definition) is 2. The van der Waals surface area contributed by atoms with Crippen LogP contribution < -0.4 is 10.6 Å². The monoisotopic (exact) mass is 308 g/mol. The first kappa shape index (κ1) is 13.3. The van der Waals surface area contributed by atoms with Crippen molar-refractivity contribution in [2.75, 3.05) is 18.4 Å². The van der Waals surface area contributed by atoms with E-state index in [9.17, 15) is 4.79 Å². The van der Waals surface area contributed by atoms with E-state index in [0.29, 0.717) is 0 Å². The van der Waals surface area contributed by atoms with Crippen LogP contribution in [0.25, 0.3) is 0 Å². The molecule has 0 saturated carbocycles. The van der Waals surface area contributed by atoms with Gasteiger partial charge in [-0.05, 0) is 49.6 Å². The third kappa shape index (κ3) is 2.65. The highest BCUT2D eigenvalue weighted by molar-refractivity contribution is 9.10. The van der Waals surface area contributed by atoms with Crippen LogP contribution in [0.3, 0.4) is 0 Å². The number of nitrogens with one attached hydrogen (secondary N) is 2. The summed E-state index contributed by atoms with van der Waals surface area (Å²) < 4.78 is 1.04. The zero-order valence-electron chi connectivity index (χ0n) is 10.9. The molecule has 1 aliphatic rings. The van der Waals surface area contributed by atoms with Crippen molar-refractivity contribution in [1.82, 2.24) is 5.32 Å². The van der Waals surface area contributed by atoms with Gasteiger partial charge in [0.2, 0.25) is 0 Å². The number of halogens is 1.